The summed E-state index contributed by atoms with van der Waals surface area (Å²) in [5.41, 5.74) is 5.37. The molecule has 0 amide bonds. The Kier molecular flexibility index (Phi) is 13.9. The fourth-order valence-corrected chi connectivity index (χ4v) is 0.907. The summed E-state index contributed by atoms with van der Waals surface area (Å²) in [4.78, 5) is 0. The third-order valence-corrected chi connectivity index (χ3v) is 1.53. The second-order valence-corrected chi connectivity index (χ2v) is 3.86. The molecule has 0 radical (unpaired) electrons. The van der Waals surface area contributed by atoms with Crippen molar-refractivity contribution in [3.8, 4) is 0 Å². The average Bonchev–Trinajstić information content (AvgIpc) is 1.78. The molecule has 0 saturated heterocycles. The van der Waals surface area contributed by atoms with Gasteiger partial charge >= 0.3 is 0 Å². The van der Waals surface area contributed by atoms with E-state index in [9.17, 15) is 0 Å². The molecule has 0 spiro atoms. The Morgan fingerprint density at radius 1 is 1.00 bits per heavy atom. The predicted molar refractivity (Wildman–Crippen MR) is 56.7 cm³/mol. The summed E-state index contributed by atoms with van der Waals surface area (Å²) in [6.07, 6.45) is 3.77. The Balaban J connectivity index is -0.000000405. The molecule has 0 heterocycles. The second-order valence-electron chi connectivity index (χ2n) is 3.86. The first-order chi connectivity index (χ1) is 4.56. The van der Waals surface area contributed by atoms with E-state index < -0.39 is 0 Å². The van der Waals surface area contributed by atoms with Gasteiger partial charge in [-0.25, -0.2) is 0 Å². The van der Waals surface area contributed by atoms with Crippen LogP contribution >= 0.6 is 12.4 Å². The molecule has 0 unspecified atom stereocenters. The van der Waals surface area contributed by atoms with E-state index in [0.29, 0.717) is 0 Å². The Bertz CT molecular complexity index is 83.6. The minimum atomic E-state index is 0. The molecule has 0 aliphatic heterocycles. The van der Waals surface area contributed by atoms with Crippen LogP contribution in [-0.4, -0.2) is 44.2 Å². The van der Waals surface area contributed by atoms with E-state index in [1.54, 1.807) is 0 Å². The van der Waals surface area contributed by atoms with Crippen molar-refractivity contribution in [2.24, 2.45) is 5.73 Å². The molecule has 0 bridgehead atoms. The fraction of sp³-hybridized carbons (Fsp3) is 1.00. The number of hydrogen-bond acceptors (Lipinski definition) is 1. The highest BCUT2D eigenvalue weighted by atomic mass is 35.5. The predicted octanol–water partition coefficient (Wildman–Crippen LogP) is 0.419. The molecular weight excluding hydrogens is 176 g/mol. The molecular formula is C8H24ClN2O+. The summed E-state index contributed by atoms with van der Waals surface area (Å²) in [5, 5.41) is 0. The van der Waals surface area contributed by atoms with E-state index in [-0.39, 0.29) is 17.9 Å². The summed E-state index contributed by atoms with van der Waals surface area (Å²) in [7, 11) is 6.67. The molecule has 0 rings (SSSR count). The zero-order valence-electron chi connectivity index (χ0n) is 8.47. The van der Waals surface area contributed by atoms with Gasteiger partial charge < -0.3 is 15.7 Å². The monoisotopic (exact) mass is 199 g/mol. The number of halogens is 1. The zero-order valence-corrected chi connectivity index (χ0v) is 9.28. The molecule has 0 fully saturated rings. The first-order valence-electron chi connectivity index (χ1n) is 4.07. The maximum atomic E-state index is 5.37. The SMILES string of the molecule is C[N+](C)(C)CCCCCN.Cl.O. The van der Waals surface area contributed by atoms with Crippen LogP contribution in [-0.2, 0) is 0 Å². The highest BCUT2D eigenvalue weighted by Gasteiger charge is 2.04. The Morgan fingerprint density at radius 3 is 1.83 bits per heavy atom. The van der Waals surface area contributed by atoms with Crippen LogP contribution in [0.2, 0.25) is 0 Å². The van der Waals surface area contributed by atoms with Crippen molar-refractivity contribution in [3.05, 3.63) is 0 Å². The molecule has 0 aromatic heterocycles. The number of rotatable bonds is 5. The van der Waals surface area contributed by atoms with Crippen LogP contribution in [0.3, 0.4) is 0 Å². The van der Waals surface area contributed by atoms with Crippen LogP contribution in [0.25, 0.3) is 0 Å². The van der Waals surface area contributed by atoms with Gasteiger partial charge in [0.15, 0.2) is 0 Å². The van der Waals surface area contributed by atoms with E-state index in [4.69, 9.17) is 5.73 Å². The van der Waals surface area contributed by atoms with Gasteiger partial charge in [0, 0.05) is 0 Å². The zero-order chi connectivity index (χ0) is 8.04. The Hall–Kier alpha value is 0.170. The lowest BCUT2D eigenvalue weighted by Crippen LogP contribution is -2.35. The minimum Gasteiger partial charge on any atom is -0.412 e. The molecule has 78 valence electrons. The lowest BCUT2D eigenvalue weighted by atomic mass is 10.2. The van der Waals surface area contributed by atoms with E-state index >= 15 is 0 Å². The third-order valence-electron chi connectivity index (χ3n) is 1.53. The van der Waals surface area contributed by atoms with Gasteiger partial charge in [0.25, 0.3) is 0 Å². The highest BCUT2D eigenvalue weighted by Crippen LogP contribution is 1.98. The smallest absolute Gasteiger partial charge is 0.0780 e. The van der Waals surface area contributed by atoms with Crippen molar-refractivity contribution in [1.82, 2.24) is 0 Å². The first kappa shape index (κ1) is 18.1. The Labute approximate surface area is 82.2 Å². The van der Waals surface area contributed by atoms with Gasteiger partial charge in [-0.05, 0) is 25.8 Å². The van der Waals surface area contributed by atoms with Gasteiger partial charge in [-0.1, -0.05) is 0 Å². The van der Waals surface area contributed by atoms with Crippen LogP contribution in [0.1, 0.15) is 19.3 Å². The van der Waals surface area contributed by atoms with Crippen LogP contribution in [0, 0.1) is 0 Å². The van der Waals surface area contributed by atoms with Crippen molar-refractivity contribution in [2.45, 2.75) is 19.3 Å². The van der Waals surface area contributed by atoms with E-state index in [1.807, 2.05) is 0 Å². The molecule has 0 aromatic rings. The van der Waals surface area contributed by atoms with E-state index in [0.717, 1.165) is 11.0 Å². The van der Waals surface area contributed by atoms with Crippen molar-refractivity contribution in [3.63, 3.8) is 0 Å². The summed E-state index contributed by atoms with van der Waals surface area (Å²) >= 11 is 0. The minimum absolute atomic E-state index is 0. The van der Waals surface area contributed by atoms with Gasteiger partial charge in [0.05, 0.1) is 27.7 Å². The summed E-state index contributed by atoms with van der Waals surface area (Å²) in [6, 6.07) is 0. The van der Waals surface area contributed by atoms with Gasteiger partial charge in [-0.3, -0.25) is 0 Å². The number of unbranched alkanes of at least 4 members (excludes halogenated alkanes) is 2. The number of quaternary nitrogens is 1. The lowest BCUT2D eigenvalue weighted by molar-refractivity contribution is -0.870. The van der Waals surface area contributed by atoms with Gasteiger partial charge in [0.1, 0.15) is 0 Å². The molecule has 0 aliphatic carbocycles. The topological polar surface area (TPSA) is 57.5 Å². The normalized spacial score (nSPS) is 10.0. The van der Waals surface area contributed by atoms with Gasteiger partial charge in [-0.15, -0.1) is 12.4 Å². The van der Waals surface area contributed by atoms with Gasteiger partial charge in [-0.2, -0.15) is 0 Å². The van der Waals surface area contributed by atoms with E-state index in [1.165, 1.54) is 25.8 Å². The largest absolute Gasteiger partial charge is 0.412 e. The molecule has 12 heavy (non-hydrogen) atoms. The fourth-order valence-electron chi connectivity index (χ4n) is 0.907. The summed E-state index contributed by atoms with van der Waals surface area (Å²) in [6.45, 7) is 2.11. The van der Waals surface area contributed by atoms with Crippen LogP contribution < -0.4 is 5.73 Å². The molecule has 3 nitrogen and oxygen atoms in total. The molecule has 4 heteroatoms. The van der Waals surface area contributed by atoms with Crippen molar-refractivity contribution >= 4 is 12.4 Å². The Morgan fingerprint density at radius 2 is 1.50 bits per heavy atom. The third kappa shape index (κ3) is 16.6. The van der Waals surface area contributed by atoms with Crippen molar-refractivity contribution < 1.29 is 9.96 Å². The average molecular weight is 200 g/mol. The number of hydrogen-bond donors (Lipinski definition) is 1. The molecule has 0 atom stereocenters. The van der Waals surface area contributed by atoms with Crippen LogP contribution in [0.4, 0.5) is 0 Å². The highest BCUT2D eigenvalue weighted by molar-refractivity contribution is 5.85. The molecule has 4 N–H and O–H groups in total. The summed E-state index contributed by atoms with van der Waals surface area (Å²) < 4.78 is 1.07. The number of nitrogens with zero attached hydrogens (tertiary/aromatic N) is 1. The number of nitrogens with two attached hydrogens (primary N) is 1. The molecule has 0 saturated carbocycles. The van der Waals surface area contributed by atoms with Gasteiger partial charge in [0.2, 0.25) is 0 Å². The summed E-state index contributed by atoms with van der Waals surface area (Å²) in [5.74, 6) is 0. The lowest BCUT2D eigenvalue weighted by Gasteiger charge is -2.23. The standard InChI is InChI=1S/C8H21N2.ClH.H2O/c1-10(2,3)8-6-4-5-7-9;;/h4-9H2,1-3H3;1H;1H2/q+1;;. The first-order valence-corrected chi connectivity index (χ1v) is 4.07. The molecule has 0 aromatic carbocycles. The molecule has 0 aliphatic rings. The van der Waals surface area contributed by atoms with Crippen molar-refractivity contribution in [2.75, 3.05) is 34.2 Å². The quantitative estimate of drug-likeness (QED) is 0.507. The maximum Gasteiger partial charge on any atom is 0.0780 e. The van der Waals surface area contributed by atoms with Crippen LogP contribution in [0.15, 0.2) is 0 Å². The van der Waals surface area contributed by atoms with Crippen molar-refractivity contribution in [1.29, 1.82) is 0 Å². The van der Waals surface area contributed by atoms with E-state index in [2.05, 4.69) is 21.1 Å². The maximum absolute atomic E-state index is 5.37. The van der Waals surface area contributed by atoms with Crippen LogP contribution in [0.5, 0.6) is 0 Å². The second kappa shape index (κ2) is 9.26.